The molecule has 2 rings (SSSR count). The van der Waals surface area contributed by atoms with Gasteiger partial charge in [-0.15, -0.1) is 0 Å². The molecule has 0 aromatic heterocycles. The van der Waals surface area contributed by atoms with E-state index in [2.05, 4.69) is 6.92 Å². The van der Waals surface area contributed by atoms with Gasteiger partial charge < -0.3 is 9.47 Å². The number of ether oxygens (including phenoxy) is 2. The van der Waals surface area contributed by atoms with Crippen LogP contribution < -0.4 is 0 Å². The summed E-state index contributed by atoms with van der Waals surface area (Å²) < 4.78 is 10.8. The summed E-state index contributed by atoms with van der Waals surface area (Å²) in [5.74, 6) is 1.58. The minimum Gasteiger partial charge on any atom is -0.356 e. The normalized spacial score (nSPS) is 38.8. The molecule has 2 saturated carbocycles. The van der Waals surface area contributed by atoms with Crippen LogP contribution in [0, 0.1) is 17.3 Å². The minimum absolute atomic E-state index is 0.0310. The van der Waals surface area contributed by atoms with Gasteiger partial charge in [0.05, 0.1) is 0 Å². The van der Waals surface area contributed by atoms with Gasteiger partial charge in [0.15, 0.2) is 6.29 Å². The lowest BCUT2D eigenvalue weighted by atomic mass is 9.56. The Morgan fingerprint density at radius 1 is 1.00 bits per heavy atom. The zero-order valence-corrected chi connectivity index (χ0v) is 11.7. The Balaban J connectivity index is 1.85. The van der Waals surface area contributed by atoms with E-state index in [1.54, 1.807) is 14.2 Å². The number of methoxy groups -OCH3 is 2. The van der Waals surface area contributed by atoms with E-state index in [4.69, 9.17) is 9.47 Å². The molecule has 0 aliphatic heterocycles. The fourth-order valence-corrected chi connectivity index (χ4v) is 3.95. The highest BCUT2D eigenvalue weighted by Gasteiger charge is 2.47. The highest BCUT2D eigenvalue weighted by atomic mass is 16.7. The molecule has 1 unspecified atom stereocenters. The van der Waals surface area contributed by atoms with Crippen molar-refractivity contribution >= 4 is 0 Å². The molecular weight excluding hydrogens is 212 g/mol. The third-order valence-electron chi connectivity index (χ3n) is 5.06. The quantitative estimate of drug-likeness (QED) is 0.694. The Morgan fingerprint density at radius 2 is 1.71 bits per heavy atom. The second kappa shape index (κ2) is 5.71. The van der Waals surface area contributed by atoms with Crippen molar-refractivity contribution in [1.82, 2.24) is 0 Å². The van der Waals surface area contributed by atoms with Crippen LogP contribution in [0.25, 0.3) is 0 Å². The fraction of sp³-hybridized carbons (Fsp3) is 1.00. The first-order chi connectivity index (χ1) is 8.19. The standard InChI is InChI=1S/C15H28O2/c1-12-6-4-5-8-15(9-7-12)10-13(11-15)14(16-2)17-3/h12-14H,4-11H2,1-3H3. The molecule has 0 N–H and O–H groups in total. The molecule has 0 amide bonds. The van der Waals surface area contributed by atoms with Gasteiger partial charge in [0.1, 0.15) is 0 Å². The summed E-state index contributed by atoms with van der Waals surface area (Å²) in [4.78, 5) is 0. The van der Waals surface area contributed by atoms with Crippen molar-refractivity contribution in [2.75, 3.05) is 14.2 Å². The molecule has 2 aliphatic carbocycles. The summed E-state index contributed by atoms with van der Waals surface area (Å²) in [6.07, 6.45) is 11.3. The molecule has 2 aliphatic rings. The van der Waals surface area contributed by atoms with Crippen molar-refractivity contribution in [1.29, 1.82) is 0 Å². The van der Waals surface area contributed by atoms with Crippen molar-refractivity contribution in [2.24, 2.45) is 17.3 Å². The second-order valence-electron chi connectivity index (χ2n) is 6.40. The Morgan fingerprint density at radius 3 is 2.35 bits per heavy atom. The lowest BCUT2D eigenvalue weighted by Gasteiger charge is -2.51. The zero-order valence-electron chi connectivity index (χ0n) is 11.7. The van der Waals surface area contributed by atoms with Crippen LogP contribution in [0.3, 0.4) is 0 Å². The van der Waals surface area contributed by atoms with E-state index in [-0.39, 0.29) is 6.29 Å². The van der Waals surface area contributed by atoms with Gasteiger partial charge in [-0.3, -0.25) is 0 Å². The molecule has 0 aromatic rings. The lowest BCUT2D eigenvalue weighted by molar-refractivity contribution is -0.184. The molecule has 17 heavy (non-hydrogen) atoms. The van der Waals surface area contributed by atoms with Crippen LogP contribution in [0.4, 0.5) is 0 Å². The Kier molecular flexibility index (Phi) is 4.48. The molecule has 2 nitrogen and oxygen atoms in total. The third-order valence-corrected chi connectivity index (χ3v) is 5.06. The van der Waals surface area contributed by atoms with E-state index in [1.165, 1.54) is 51.4 Å². The molecule has 100 valence electrons. The lowest BCUT2D eigenvalue weighted by Crippen LogP contribution is -2.44. The van der Waals surface area contributed by atoms with Crippen LogP contribution in [0.5, 0.6) is 0 Å². The molecule has 0 bridgehead atoms. The first-order valence-electron chi connectivity index (χ1n) is 7.25. The van der Waals surface area contributed by atoms with Crippen LogP contribution >= 0.6 is 0 Å². The van der Waals surface area contributed by atoms with Gasteiger partial charge in [0, 0.05) is 20.1 Å². The summed E-state index contributed by atoms with van der Waals surface area (Å²) in [5.41, 5.74) is 0.647. The molecule has 0 radical (unpaired) electrons. The molecule has 2 fully saturated rings. The van der Waals surface area contributed by atoms with Crippen molar-refractivity contribution in [3.05, 3.63) is 0 Å². The minimum atomic E-state index is 0.0310. The molecule has 2 heteroatoms. The summed E-state index contributed by atoms with van der Waals surface area (Å²) in [7, 11) is 3.53. The summed E-state index contributed by atoms with van der Waals surface area (Å²) in [6.45, 7) is 2.42. The SMILES string of the molecule is COC(OC)C1CC2(CCCCC(C)CC2)C1. The first kappa shape index (κ1) is 13.4. The summed E-state index contributed by atoms with van der Waals surface area (Å²) >= 11 is 0. The molecule has 0 heterocycles. The summed E-state index contributed by atoms with van der Waals surface area (Å²) in [6, 6.07) is 0. The fourth-order valence-electron chi connectivity index (χ4n) is 3.95. The maximum atomic E-state index is 5.39. The van der Waals surface area contributed by atoms with Crippen LogP contribution in [0.2, 0.25) is 0 Å². The number of rotatable bonds is 3. The third kappa shape index (κ3) is 3.03. The highest BCUT2D eigenvalue weighted by Crippen LogP contribution is 2.55. The van der Waals surface area contributed by atoms with Gasteiger partial charge >= 0.3 is 0 Å². The van der Waals surface area contributed by atoms with Gasteiger partial charge in [-0.1, -0.05) is 32.6 Å². The van der Waals surface area contributed by atoms with E-state index in [1.807, 2.05) is 0 Å². The van der Waals surface area contributed by atoms with Crippen molar-refractivity contribution in [3.63, 3.8) is 0 Å². The van der Waals surface area contributed by atoms with Crippen molar-refractivity contribution < 1.29 is 9.47 Å². The smallest absolute Gasteiger partial charge is 0.159 e. The maximum absolute atomic E-state index is 5.39. The largest absolute Gasteiger partial charge is 0.356 e. The Bertz CT molecular complexity index is 229. The van der Waals surface area contributed by atoms with Gasteiger partial charge in [0.2, 0.25) is 0 Å². The van der Waals surface area contributed by atoms with E-state index in [9.17, 15) is 0 Å². The van der Waals surface area contributed by atoms with Crippen LogP contribution in [0.15, 0.2) is 0 Å². The summed E-state index contributed by atoms with van der Waals surface area (Å²) in [5, 5.41) is 0. The van der Waals surface area contributed by atoms with E-state index in [0.717, 1.165) is 5.92 Å². The predicted octanol–water partition coefficient (Wildman–Crippen LogP) is 3.99. The van der Waals surface area contributed by atoms with Crippen LogP contribution in [0.1, 0.15) is 58.3 Å². The van der Waals surface area contributed by atoms with Crippen molar-refractivity contribution in [3.8, 4) is 0 Å². The monoisotopic (exact) mass is 240 g/mol. The van der Waals surface area contributed by atoms with Crippen LogP contribution in [-0.2, 0) is 9.47 Å². The molecule has 0 saturated heterocycles. The molecular formula is C15H28O2. The molecule has 1 spiro atoms. The van der Waals surface area contributed by atoms with Gasteiger partial charge in [-0.25, -0.2) is 0 Å². The van der Waals surface area contributed by atoms with Crippen molar-refractivity contribution in [2.45, 2.75) is 64.6 Å². The first-order valence-corrected chi connectivity index (χ1v) is 7.25. The zero-order chi connectivity index (χ0) is 12.3. The number of hydrogen-bond donors (Lipinski definition) is 0. The van der Waals surface area contributed by atoms with E-state index < -0.39 is 0 Å². The predicted molar refractivity (Wildman–Crippen MR) is 69.8 cm³/mol. The van der Waals surface area contributed by atoms with E-state index >= 15 is 0 Å². The van der Waals surface area contributed by atoms with E-state index in [0.29, 0.717) is 11.3 Å². The number of hydrogen-bond acceptors (Lipinski definition) is 2. The Labute approximate surface area is 106 Å². The van der Waals surface area contributed by atoms with Gasteiger partial charge in [0.25, 0.3) is 0 Å². The average molecular weight is 240 g/mol. The second-order valence-corrected chi connectivity index (χ2v) is 6.40. The van der Waals surface area contributed by atoms with Gasteiger partial charge in [-0.05, 0) is 37.0 Å². The van der Waals surface area contributed by atoms with Gasteiger partial charge in [-0.2, -0.15) is 0 Å². The highest BCUT2D eigenvalue weighted by molar-refractivity contribution is 4.95. The molecule has 1 atom stereocenters. The maximum Gasteiger partial charge on any atom is 0.159 e. The topological polar surface area (TPSA) is 18.5 Å². The Hall–Kier alpha value is -0.0800. The average Bonchev–Trinajstić information content (AvgIpc) is 2.26. The molecule has 0 aromatic carbocycles. The van der Waals surface area contributed by atoms with Crippen LogP contribution in [-0.4, -0.2) is 20.5 Å².